The number of carbonyl (C=O) groups excluding carboxylic acids is 1. The summed E-state index contributed by atoms with van der Waals surface area (Å²) in [5.74, 6) is 0.765. The average Bonchev–Trinajstić information content (AvgIpc) is 3.32. The first-order valence-electron chi connectivity index (χ1n) is 13.3. The number of pyridine rings is 1. The standard InChI is InChI=1S/C29H37N7O2/c1-18(2)36-26-14-22(21-6-7-27(30-15-21)35-10-8-34(5)9-11-35)13-23(25(26)17-32-36)28(37)31-16-24-19(3)12-20(4)33-29(24)38/h6-7,13-15,17-18,29,38H,8-12,16H2,1-5H3,(H,31,37). The van der Waals surface area contributed by atoms with Crippen LogP contribution in [0, 0.1) is 0 Å². The predicted molar refractivity (Wildman–Crippen MR) is 152 cm³/mol. The number of carbonyl (C=O) groups is 1. The Balaban J connectivity index is 1.45. The van der Waals surface area contributed by atoms with E-state index in [2.05, 4.69) is 64.3 Å². The molecule has 0 spiro atoms. The maximum Gasteiger partial charge on any atom is 0.252 e. The molecule has 9 heteroatoms. The molecule has 2 aliphatic rings. The molecule has 1 atom stereocenters. The number of benzene rings is 1. The van der Waals surface area contributed by atoms with Gasteiger partial charge in [-0.3, -0.25) is 14.5 Å². The molecule has 3 aromatic rings. The molecule has 2 aliphatic heterocycles. The Kier molecular flexibility index (Phi) is 7.32. The highest BCUT2D eigenvalue weighted by Crippen LogP contribution is 2.30. The molecule has 1 aromatic carbocycles. The van der Waals surface area contributed by atoms with Gasteiger partial charge >= 0.3 is 0 Å². The fraction of sp³-hybridized carbons (Fsp3) is 0.448. The zero-order valence-corrected chi connectivity index (χ0v) is 22.9. The Bertz CT molecular complexity index is 1400. The van der Waals surface area contributed by atoms with Crippen molar-refractivity contribution in [2.45, 2.75) is 46.4 Å². The van der Waals surface area contributed by atoms with Gasteiger partial charge in [0.1, 0.15) is 5.82 Å². The number of aliphatic hydroxyl groups is 1. The second-order valence-electron chi connectivity index (χ2n) is 10.7. The Labute approximate surface area is 223 Å². The van der Waals surface area contributed by atoms with Gasteiger partial charge in [-0.05, 0) is 70.1 Å². The summed E-state index contributed by atoms with van der Waals surface area (Å²) in [6.07, 6.45) is 3.44. The summed E-state index contributed by atoms with van der Waals surface area (Å²) in [5, 5.41) is 18.8. The molecule has 38 heavy (non-hydrogen) atoms. The molecule has 4 heterocycles. The first-order chi connectivity index (χ1) is 18.2. The zero-order valence-electron chi connectivity index (χ0n) is 22.9. The van der Waals surface area contributed by atoms with Crippen LogP contribution in [-0.4, -0.2) is 82.4 Å². The maximum absolute atomic E-state index is 13.5. The molecule has 0 bridgehead atoms. The number of rotatable bonds is 6. The first kappa shape index (κ1) is 26.1. The smallest absolute Gasteiger partial charge is 0.252 e. The van der Waals surface area contributed by atoms with E-state index in [0.29, 0.717) is 12.0 Å². The summed E-state index contributed by atoms with van der Waals surface area (Å²) in [6, 6.07) is 8.28. The lowest BCUT2D eigenvalue weighted by Crippen LogP contribution is -2.44. The van der Waals surface area contributed by atoms with Crippen molar-refractivity contribution in [2.24, 2.45) is 4.99 Å². The van der Waals surface area contributed by atoms with Crippen molar-refractivity contribution in [2.75, 3.05) is 44.7 Å². The number of piperazine rings is 1. The van der Waals surface area contributed by atoms with Crippen LogP contribution < -0.4 is 10.2 Å². The molecule has 1 amide bonds. The van der Waals surface area contributed by atoms with Crippen LogP contribution in [0.3, 0.4) is 0 Å². The van der Waals surface area contributed by atoms with Gasteiger partial charge in [-0.15, -0.1) is 0 Å². The summed E-state index contributed by atoms with van der Waals surface area (Å²) in [5.41, 5.74) is 6.00. The third kappa shape index (κ3) is 5.21. The maximum atomic E-state index is 13.5. The van der Waals surface area contributed by atoms with E-state index in [9.17, 15) is 9.90 Å². The van der Waals surface area contributed by atoms with Crippen molar-refractivity contribution >= 4 is 28.3 Å². The van der Waals surface area contributed by atoms with Gasteiger partial charge in [0.25, 0.3) is 5.91 Å². The molecule has 0 radical (unpaired) electrons. The van der Waals surface area contributed by atoms with E-state index < -0.39 is 6.23 Å². The molecular weight excluding hydrogens is 478 g/mol. The topological polar surface area (TPSA) is 98.9 Å². The van der Waals surface area contributed by atoms with Gasteiger partial charge in [-0.1, -0.05) is 5.57 Å². The van der Waals surface area contributed by atoms with Gasteiger partial charge in [0.15, 0.2) is 6.23 Å². The van der Waals surface area contributed by atoms with Crippen LogP contribution in [0.1, 0.15) is 50.5 Å². The second kappa shape index (κ2) is 10.7. The lowest BCUT2D eigenvalue weighted by molar-refractivity contribution is 0.0956. The van der Waals surface area contributed by atoms with Crippen LogP contribution in [-0.2, 0) is 0 Å². The van der Waals surface area contributed by atoms with E-state index in [1.165, 1.54) is 0 Å². The summed E-state index contributed by atoms with van der Waals surface area (Å²) in [6.45, 7) is 12.3. The number of aliphatic hydroxyl groups excluding tert-OH is 1. The molecule has 0 saturated carbocycles. The van der Waals surface area contributed by atoms with Crippen molar-refractivity contribution < 1.29 is 9.90 Å². The van der Waals surface area contributed by atoms with E-state index in [0.717, 1.165) is 70.9 Å². The van der Waals surface area contributed by atoms with Crippen LogP contribution in [0.25, 0.3) is 22.0 Å². The van der Waals surface area contributed by atoms with E-state index >= 15 is 0 Å². The Morgan fingerprint density at radius 2 is 1.87 bits per heavy atom. The number of anilines is 1. The SMILES string of the molecule is CC1=NC(O)C(CNC(=O)c2cc(-c3ccc(N4CCN(C)CC4)nc3)cc3c2cnn3C(C)C)=C(C)C1. The lowest BCUT2D eigenvalue weighted by Gasteiger charge is -2.33. The van der Waals surface area contributed by atoms with Crippen molar-refractivity contribution in [3.63, 3.8) is 0 Å². The number of hydrogen-bond donors (Lipinski definition) is 2. The number of fused-ring (bicyclic) bond motifs is 1. The molecule has 9 nitrogen and oxygen atoms in total. The average molecular weight is 516 g/mol. The van der Waals surface area contributed by atoms with Gasteiger partial charge < -0.3 is 20.2 Å². The van der Waals surface area contributed by atoms with Crippen LogP contribution in [0.15, 0.2) is 52.8 Å². The van der Waals surface area contributed by atoms with E-state index in [-0.39, 0.29) is 18.5 Å². The molecular formula is C29H37N7O2. The number of amides is 1. The number of hydrogen-bond acceptors (Lipinski definition) is 7. The number of nitrogens with zero attached hydrogens (tertiary/aromatic N) is 6. The number of aromatic nitrogens is 3. The third-order valence-corrected chi connectivity index (χ3v) is 7.52. The van der Waals surface area contributed by atoms with E-state index in [1.807, 2.05) is 30.8 Å². The Morgan fingerprint density at radius 1 is 1.11 bits per heavy atom. The largest absolute Gasteiger partial charge is 0.368 e. The normalized spacial score (nSPS) is 18.9. The minimum Gasteiger partial charge on any atom is -0.368 e. The number of allylic oxidation sites excluding steroid dienone is 1. The van der Waals surface area contributed by atoms with Crippen LogP contribution in [0.2, 0.25) is 0 Å². The van der Waals surface area contributed by atoms with Gasteiger partial charge in [-0.2, -0.15) is 5.10 Å². The molecule has 2 N–H and O–H groups in total. The molecule has 2 aromatic heterocycles. The summed E-state index contributed by atoms with van der Waals surface area (Å²) in [7, 11) is 2.14. The van der Waals surface area contributed by atoms with Crippen molar-refractivity contribution in [1.29, 1.82) is 0 Å². The molecule has 0 aliphatic carbocycles. The van der Waals surface area contributed by atoms with Crippen molar-refractivity contribution in [1.82, 2.24) is 25.0 Å². The fourth-order valence-corrected chi connectivity index (χ4v) is 5.25. The number of dihydropyridines is 1. The molecule has 1 saturated heterocycles. The minimum atomic E-state index is -0.913. The highest BCUT2D eigenvalue weighted by molar-refractivity contribution is 6.08. The zero-order chi connectivity index (χ0) is 27.0. The van der Waals surface area contributed by atoms with Crippen LogP contribution in [0.5, 0.6) is 0 Å². The number of likely N-dealkylation sites (N-methyl/N-ethyl adjacent to an activating group) is 1. The minimum absolute atomic E-state index is 0.141. The Morgan fingerprint density at radius 3 is 2.53 bits per heavy atom. The first-order valence-corrected chi connectivity index (χ1v) is 13.3. The second-order valence-corrected chi connectivity index (χ2v) is 10.7. The lowest BCUT2D eigenvalue weighted by atomic mass is 9.98. The third-order valence-electron chi connectivity index (χ3n) is 7.52. The van der Waals surface area contributed by atoms with Crippen molar-refractivity contribution in [3.8, 4) is 11.1 Å². The Hall–Kier alpha value is -3.56. The van der Waals surface area contributed by atoms with Gasteiger partial charge in [0.2, 0.25) is 0 Å². The van der Waals surface area contributed by atoms with Crippen LogP contribution >= 0.6 is 0 Å². The summed E-state index contributed by atoms with van der Waals surface area (Å²) >= 11 is 0. The van der Waals surface area contributed by atoms with Gasteiger partial charge in [0, 0.05) is 68.0 Å². The molecule has 1 fully saturated rings. The van der Waals surface area contributed by atoms with E-state index in [1.54, 1.807) is 6.20 Å². The van der Waals surface area contributed by atoms with Gasteiger partial charge in [0.05, 0.1) is 17.3 Å². The van der Waals surface area contributed by atoms with Gasteiger partial charge in [-0.25, -0.2) is 4.98 Å². The molecule has 1 unspecified atom stereocenters. The quantitative estimate of drug-likeness (QED) is 0.486. The van der Waals surface area contributed by atoms with E-state index in [4.69, 9.17) is 4.98 Å². The predicted octanol–water partition coefficient (Wildman–Crippen LogP) is 3.66. The fourth-order valence-electron chi connectivity index (χ4n) is 5.25. The highest BCUT2D eigenvalue weighted by Gasteiger charge is 2.22. The van der Waals surface area contributed by atoms with Crippen molar-refractivity contribution in [3.05, 3.63) is 53.4 Å². The van der Waals surface area contributed by atoms with Crippen LogP contribution in [0.4, 0.5) is 5.82 Å². The number of aliphatic imine (C=N–C) groups is 1. The molecule has 5 rings (SSSR count). The number of nitrogens with one attached hydrogen (secondary N) is 1. The summed E-state index contributed by atoms with van der Waals surface area (Å²) in [4.78, 5) is 27.2. The monoisotopic (exact) mass is 515 g/mol. The molecule has 200 valence electrons. The highest BCUT2D eigenvalue weighted by atomic mass is 16.3. The summed E-state index contributed by atoms with van der Waals surface area (Å²) < 4.78 is 1.94.